The number of aryl methyl sites for hydroxylation is 1. The maximum Gasteiger partial charge on any atom is 0.341 e. The van der Waals surface area contributed by atoms with Gasteiger partial charge in [-0.25, -0.2) is 4.79 Å². The number of hydrogen-bond acceptors (Lipinski definition) is 5. The number of nitrogens with one attached hydrogen (secondary N) is 1. The lowest BCUT2D eigenvalue weighted by Crippen LogP contribution is -2.34. The summed E-state index contributed by atoms with van der Waals surface area (Å²) in [6, 6.07) is 0. The van der Waals surface area contributed by atoms with E-state index in [1.807, 2.05) is 6.08 Å². The number of carbonyl (C=O) groups excluding carboxylic acids is 2. The summed E-state index contributed by atoms with van der Waals surface area (Å²) in [5.41, 5.74) is 1.43. The smallest absolute Gasteiger partial charge is 0.341 e. The van der Waals surface area contributed by atoms with Crippen LogP contribution in [0.4, 0.5) is 5.00 Å². The Morgan fingerprint density at radius 2 is 1.81 bits per heavy atom. The zero-order valence-electron chi connectivity index (χ0n) is 15.6. The molecule has 0 aliphatic heterocycles. The fourth-order valence-electron chi connectivity index (χ4n) is 3.72. The number of esters is 1. The van der Waals surface area contributed by atoms with Gasteiger partial charge in [-0.2, -0.15) is 0 Å². The van der Waals surface area contributed by atoms with Crippen LogP contribution < -0.4 is 5.32 Å². The molecular weight excluding hydrogens is 366 g/mol. The van der Waals surface area contributed by atoms with Crippen LogP contribution >= 0.6 is 11.3 Å². The first kappa shape index (κ1) is 19.6. The summed E-state index contributed by atoms with van der Waals surface area (Å²) in [5.74, 6) is -3.11. The van der Waals surface area contributed by atoms with Gasteiger partial charge in [0, 0.05) is 4.88 Å². The number of hydrogen-bond donors (Lipinski definition) is 2. The molecule has 3 rings (SSSR count). The molecule has 0 saturated carbocycles. The Kier molecular flexibility index (Phi) is 5.99. The Morgan fingerprint density at radius 1 is 1.15 bits per heavy atom. The zero-order chi connectivity index (χ0) is 19.6. The molecular formula is C20H25NO5S. The number of rotatable bonds is 5. The summed E-state index contributed by atoms with van der Waals surface area (Å²) in [6.07, 6.45) is 7.89. The lowest BCUT2D eigenvalue weighted by atomic mass is 9.82. The molecule has 1 aromatic rings. The van der Waals surface area contributed by atoms with Crippen LogP contribution in [-0.4, -0.2) is 29.1 Å². The summed E-state index contributed by atoms with van der Waals surface area (Å²) >= 11 is 1.42. The van der Waals surface area contributed by atoms with Gasteiger partial charge in [-0.3, -0.25) is 9.59 Å². The predicted octanol–water partition coefficient (Wildman–Crippen LogP) is 3.80. The van der Waals surface area contributed by atoms with Gasteiger partial charge in [0.15, 0.2) is 0 Å². The molecule has 2 aliphatic carbocycles. The van der Waals surface area contributed by atoms with E-state index in [4.69, 9.17) is 4.74 Å². The van der Waals surface area contributed by atoms with Crippen molar-refractivity contribution >= 4 is 34.2 Å². The first-order chi connectivity index (χ1) is 12.9. The van der Waals surface area contributed by atoms with E-state index < -0.39 is 23.8 Å². The SMILES string of the molecule is CC(C)OC(=O)c1c(NC(=O)[C@@H]2CC=CC[C@H]2C(=O)O)sc2c1CCCC2. The highest BCUT2D eigenvalue weighted by Gasteiger charge is 2.35. The quantitative estimate of drug-likeness (QED) is 0.588. The Balaban J connectivity index is 1.88. The third kappa shape index (κ3) is 4.24. The minimum Gasteiger partial charge on any atom is -0.481 e. The number of fused-ring (bicyclic) bond motifs is 1. The molecule has 7 heteroatoms. The number of carboxylic acids is 1. The van der Waals surface area contributed by atoms with E-state index in [1.54, 1.807) is 19.9 Å². The Bertz CT molecular complexity index is 780. The second-order valence-corrected chi connectivity index (χ2v) is 8.46. The standard InChI is InChI=1S/C20H25NO5S/c1-11(2)26-20(25)16-14-9-5-6-10-15(14)27-18(16)21-17(22)12-7-3-4-8-13(12)19(23)24/h3-4,11-13H,5-10H2,1-2H3,(H,21,22)(H,23,24)/t12-,13-/m1/s1. The summed E-state index contributed by atoms with van der Waals surface area (Å²) < 4.78 is 5.40. The van der Waals surface area contributed by atoms with Crippen LogP contribution in [-0.2, 0) is 27.2 Å². The molecule has 1 aromatic heterocycles. The van der Waals surface area contributed by atoms with E-state index in [2.05, 4.69) is 5.32 Å². The lowest BCUT2D eigenvalue weighted by Gasteiger charge is -2.24. The summed E-state index contributed by atoms with van der Waals surface area (Å²) in [4.78, 5) is 38.1. The van der Waals surface area contributed by atoms with Crippen molar-refractivity contribution in [2.45, 2.75) is 58.5 Å². The molecule has 6 nitrogen and oxygen atoms in total. The first-order valence-corrected chi connectivity index (χ1v) is 10.2. The zero-order valence-corrected chi connectivity index (χ0v) is 16.4. The van der Waals surface area contributed by atoms with Crippen LogP contribution in [0.2, 0.25) is 0 Å². The molecule has 0 radical (unpaired) electrons. The van der Waals surface area contributed by atoms with Crippen LogP contribution in [0, 0.1) is 11.8 Å². The molecule has 0 fully saturated rings. The van der Waals surface area contributed by atoms with Crippen molar-refractivity contribution in [1.29, 1.82) is 0 Å². The van der Waals surface area contributed by atoms with Gasteiger partial charge in [0.05, 0.1) is 23.5 Å². The lowest BCUT2D eigenvalue weighted by molar-refractivity contribution is -0.146. The molecule has 146 valence electrons. The normalized spacial score (nSPS) is 21.6. The van der Waals surface area contributed by atoms with Crippen LogP contribution in [0.15, 0.2) is 12.2 Å². The van der Waals surface area contributed by atoms with E-state index in [-0.39, 0.29) is 12.0 Å². The molecule has 1 amide bonds. The van der Waals surface area contributed by atoms with Crippen LogP contribution in [0.1, 0.15) is 60.3 Å². The maximum absolute atomic E-state index is 12.8. The molecule has 0 aromatic carbocycles. The minimum atomic E-state index is -0.968. The van der Waals surface area contributed by atoms with E-state index in [1.165, 1.54) is 11.3 Å². The van der Waals surface area contributed by atoms with Gasteiger partial charge in [0.25, 0.3) is 0 Å². The molecule has 2 N–H and O–H groups in total. The average molecular weight is 391 g/mol. The van der Waals surface area contributed by atoms with Crippen molar-refractivity contribution in [3.05, 3.63) is 28.2 Å². The number of ether oxygens (including phenoxy) is 1. The van der Waals surface area contributed by atoms with E-state index in [0.29, 0.717) is 23.4 Å². The number of aliphatic carboxylic acids is 1. The highest BCUT2D eigenvalue weighted by atomic mass is 32.1. The number of amides is 1. The largest absolute Gasteiger partial charge is 0.481 e. The molecule has 2 atom stereocenters. The fourth-order valence-corrected chi connectivity index (χ4v) is 5.00. The Hall–Kier alpha value is -2.15. The number of carboxylic acid groups (broad SMARTS) is 1. The summed E-state index contributed by atoms with van der Waals surface area (Å²) in [6.45, 7) is 3.58. The van der Waals surface area contributed by atoms with Crippen LogP contribution in [0.25, 0.3) is 0 Å². The van der Waals surface area contributed by atoms with E-state index in [0.717, 1.165) is 36.1 Å². The number of thiophene rings is 1. The second kappa shape index (κ2) is 8.25. The number of allylic oxidation sites excluding steroid dienone is 2. The second-order valence-electron chi connectivity index (χ2n) is 7.35. The summed E-state index contributed by atoms with van der Waals surface area (Å²) in [5, 5.41) is 12.8. The monoisotopic (exact) mass is 391 g/mol. The van der Waals surface area contributed by atoms with Crippen molar-refractivity contribution in [3.63, 3.8) is 0 Å². The summed E-state index contributed by atoms with van der Waals surface area (Å²) in [7, 11) is 0. The van der Waals surface area contributed by atoms with E-state index >= 15 is 0 Å². The first-order valence-electron chi connectivity index (χ1n) is 9.42. The van der Waals surface area contributed by atoms with Gasteiger partial charge in [-0.05, 0) is 57.9 Å². The average Bonchev–Trinajstić information content (AvgIpc) is 2.98. The number of anilines is 1. The Labute approximate surface area is 162 Å². The van der Waals surface area contributed by atoms with Crippen LogP contribution in [0.5, 0.6) is 0 Å². The number of carbonyl (C=O) groups is 3. The van der Waals surface area contributed by atoms with Crippen molar-refractivity contribution in [1.82, 2.24) is 0 Å². The van der Waals surface area contributed by atoms with Crippen molar-refractivity contribution in [2.75, 3.05) is 5.32 Å². The van der Waals surface area contributed by atoms with Gasteiger partial charge in [0.1, 0.15) is 5.00 Å². The fraction of sp³-hybridized carbons (Fsp3) is 0.550. The third-order valence-electron chi connectivity index (χ3n) is 5.04. The molecule has 1 heterocycles. The van der Waals surface area contributed by atoms with Gasteiger partial charge < -0.3 is 15.2 Å². The molecule has 27 heavy (non-hydrogen) atoms. The van der Waals surface area contributed by atoms with Crippen molar-refractivity contribution < 1.29 is 24.2 Å². The highest BCUT2D eigenvalue weighted by Crippen LogP contribution is 2.39. The van der Waals surface area contributed by atoms with Gasteiger partial charge in [-0.15, -0.1) is 11.3 Å². The third-order valence-corrected chi connectivity index (χ3v) is 6.25. The van der Waals surface area contributed by atoms with Gasteiger partial charge in [-0.1, -0.05) is 12.2 Å². The van der Waals surface area contributed by atoms with Gasteiger partial charge in [0.2, 0.25) is 5.91 Å². The molecule has 0 spiro atoms. The predicted molar refractivity (Wildman–Crippen MR) is 103 cm³/mol. The molecule has 0 bridgehead atoms. The van der Waals surface area contributed by atoms with E-state index in [9.17, 15) is 19.5 Å². The van der Waals surface area contributed by atoms with Crippen LogP contribution in [0.3, 0.4) is 0 Å². The molecule has 2 aliphatic rings. The van der Waals surface area contributed by atoms with Gasteiger partial charge >= 0.3 is 11.9 Å². The molecule has 0 unspecified atom stereocenters. The Morgan fingerprint density at radius 3 is 2.48 bits per heavy atom. The topological polar surface area (TPSA) is 92.7 Å². The van der Waals surface area contributed by atoms with Crippen molar-refractivity contribution in [2.24, 2.45) is 11.8 Å². The van der Waals surface area contributed by atoms with Crippen molar-refractivity contribution in [3.8, 4) is 0 Å². The maximum atomic E-state index is 12.8. The molecule has 0 saturated heterocycles. The minimum absolute atomic E-state index is 0.250. The highest BCUT2D eigenvalue weighted by molar-refractivity contribution is 7.17.